The number of fused-ring (bicyclic) bond motifs is 1. The van der Waals surface area contributed by atoms with Crippen LogP contribution in [0.1, 0.15) is 18.4 Å². The van der Waals surface area contributed by atoms with Crippen LogP contribution >= 0.6 is 11.8 Å². The molecule has 0 unspecified atom stereocenters. The number of carbonyl (C=O) groups is 1. The van der Waals surface area contributed by atoms with Crippen LogP contribution in [-0.4, -0.2) is 66.4 Å². The van der Waals surface area contributed by atoms with E-state index in [9.17, 15) is 4.79 Å². The lowest BCUT2D eigenvalue weighted by atomic mass is 10.0. The van der Waals surface area contributed by atoms with Crippen molar-refractivity contribution in [3.05, 3.63) is 17.7 Å². The molecule has 4 rings (SSSR count). The lowest BCUT2D eigenvalue weighted by Crippen LogP contribution is -2.49. The summed E-state index contributed by atoms with van der Waals surface area (Å²) in [6.07, 6.45) is 2.14. The Morgan fingerprint density at radius 2 is 1.80 bits per heavy atom. The molecule has 0 atom stereocenters. The minimum Gasteiger partial charge on any atom is -0.454 e. The van der Waals surface area contributed by atoms with Crippen molar-refractivity contribution in [2.24, 2.45) is 0 Å². The average Bonchev–Trinajstić information content (AvgIpc) is 3.10. The molecule has 2 saturated heterocycles. The van der Waals surface area contributed by atoms with Crippen LogP contribution in [0.15, 0.2) is 12.1 Å². The molecule has 0 aromatic heterocycles. The molecule has 3 aliphatic rings. The van der Waals surface area contributed by atoms with Crippen molar-refractivity contribution < 1.29 is 14.3 Å². The number of likely N-dealkylation sites (tertiary alicyclic amines) is 1. The van der Waals surface area contributed by atoms with E-state index in [4.69, 9.17) is 9.47 Å². The quantitative estimate of drug-likeness (QED) is 0.876. The van der Waals surface area contributed by atoms with Crippen LogP contribution in [0.4, 0.5) is 10.5 Å². The van der Waals surface area contributed by atoms with Crippen LogP contribution in [0, 0.1) is 6.92 Å². The van der Waals surface area contributed by atoms with Crippen molar-refractivity contribution in [2.75, 3.05) is 49.8 Å². The average molecular weight is 363 g/mol. The van der Waals surface area contributed by atoms with Gasteiger partial charge in [-0.1, -0.05) is 0 Å². The van der Waals surface area contributed by atoms with Gasteiger partial charge in [0.15, 0.2) is 11.5 Å². The number of hydrogen-bond donors (Lipinski definition) is 1. The van der Waals surface area contributed by atoms with Crippen molar-refractivity contribution in [3.8, 4) is 11.5 Å². The summed E-state index contributed by atoms with van der Waals surface area (Å²) in [5.74, 6) is 3.92. The first-order valence-electron chi connectivity index (χ1n) is 8.98. The van der Waals surface area contributed by atoms with Gasteiger partial charge < -0.3 is 19.7 Å². The minimum absolute atomic E-state index is 0.0189. The molecule has 3 heterocycles. The highest BCUT2D eigenvalue weighted by atomic mass is 32.2. The molecular weight excluding hydrogens is 338 g/mol. The topological polar surface area (TPSA) is 54.0 Å². The van der Waals surface area contributed by atoms with Crippen LogP contribution in [0.5, 0.6) is 11.5 Å². The Hall–Kier alpha value is -1.60. The molecule has 6 nitrogen and oxygen atoms in total. The fourth-order valence-electron chi connectivity index (χ4n) is 3.75. The number of nitrogens with zero attached hydrogens (tertiary/aromatic N) is 2. The van der Waals surface area contributed by atoms with Crippen molar-refractivity contribution in [2.45, 2.75) is 25.8 Å². The first-order chi connectivity index (χ1) is 12.2. The van der Waals surface area contributed by atoms with Gasteiger partial charge in [0.05, 0.1) is 0 Å². The second-order valence-electron chi connectivity index (χ2n) is 6.82. The second kappa shape index (κ2) is 7.33. The normalized spacial score (nSPS) is 21.4. The van der Waals surface area contributed by atoms with Crippen molar-refractivity contribution >= 4 is 23.5 Å². The maximum atomic E-state index is 12.6. The van der Waals surface area contributed by atoms with Crippen molar-refractivity contribution in [1.29, 1.82) is 0 Å². The molecule has 1 N–H and O–H groups in total. The van der Waals surface area contributed by atoms with Gasteiger partial charge in [-0.05, 0) is 31.4 Å². The summed E-state index contributed by atoms with van der Waals surface area (Å²) in [6.45, 7) is 6.25. The van der Waals surface area contributed by atoms with E-state index in [1.54, 1.807) is 0 Å². The summed E-state index contributed by atoms with van der Waals surface area (Å²) in [5, 5.41) is 3.04. The molecule has 25 heavy (non-hydrogen) atoms. The highest BCUT2D eigenvalue weighted by Crippen LogP contribution is 2.36. The summed E-state index contributed by atoms with van der Waals surface area (Å²) in [6, 6.07) is 4.39. The number of ether oxygens (including phenoxy) is 2. The van der Waals surface area contributed by atoms with Crippen LogP contribution in [0.3, 0.4) is 0 Å². The van der Waals surface area contributed by atoms with Crippen LogP contribution in [0.25, 0.3) is 0 Å². The fraction of sp³-hybridized carbons (Fsp3) is 0.611. The first-order valence-corrected chi connectivity index (χ1v) is 10.1. The molecule has 2 fully saturated rings. The van der Waals surface area contributed by atoms with Crippen molar-refractivity contribution in [1.82, 2.24) is 9.80 Å². The Kier molecular flexibility index (Phi) is 4.94. The lowest BCUT2D eigenvalue weighted by molar-refractivity contribution is 0.130. The number of carbonyl (C=O) groups excluding carboxylic acids is 1. The molecule has 0 spiro atoms. The van der Waals surface area contributed by atoms with E-state index in [0.717, 1.165) is 42.9 Å². The molecule has 1 aromatic rings. The van der Waals surface area contributed by atoms with Crippen molar-refractivity contribution in [3.63, 3.8) is 0 Å². The molecule has 3 aliphatic heterocycles. The van der Waals surface area contributed by atoms with Crippen LogP contribution < -0.4 is 14.8 Å². The van der Waals surface area contributed by atoms with E-state index in [2.05, 4.69) is 10.2 Å². The molecule has 0 bridgehead atoms. The van der Waals surface area contributed by atoms with Crippen LogP contribution in [-0.2, 0) is 0 Å². The number of urea groups is 1. The highest BCUT2D eigenvalue weighted by Gasteiger charge is 2.28. The van der Waals surface area contributed by atoms with E-state index in [-0.39, 0.29) is 12.8 Å². The van der Waals surface area contributed by atoms with Crippen LogP contribution in [0.2, 0.25) is 0 Å². The Morgan fingerprint density at radius 1 is 1.12 bits per heavy atom. The van der Waals surface area contributed by atoms with Gasteiger partial charge >= 0.3 is 6.03 Å². The highest BCUT2D eigenvalue weighted by molar-refractivity contribution is 7.99. The molecule has 0 saturated carbocycles. The third kappa shape index (κ3) is 3.67. The molecule has 0 aliphatic carbocycles. The molecular formula is C18H25N3O3S. The Morgan fingerprint density at radius 3 is 2.52 bits per heavy atom. The molecule has 2 amide bonds. The van der Waals surface area contributed by atoms with E-state index in [1.807, 2.05) is 35.7 Å². The summed E-state index contributed by atoms with van der Waals surface area (Å²) < 4.78 is 10.8. The summed E-state index contributed by atoms with van der Waals surface area (Å²) in [4.78, 5) is 17.2. The number of piperidine rings is 1. The Balaban J connectivity index is 1.33. The number of anilines is 1. The van der Waals surface area contributed by atoms with Gasteiger partial charge in [-0.3, -0.25) is 4.90 Å². The number of nitrogens with one attached hydrogen (secondary N) is 1. The third-order valence-electron chi connectivity index (χ3n) is 5.27. The second-order valence-corrected chi connectivity index (χ2v) is 8.04. The number of thioether (sulfide) groups is 1. The van der Waals surface area contributed by atoms with E-state index in [1.165, 1.54) is 24.6 Å². The lowest BCUT2D eigenvalue weighted by Gasteiger charge is -2.40. The predicted octanol–water partition coefficient (Wildman–Crippen LogP) is 2.77. The standard InChI is InChI=1S/C18H25N3O3S/c1-13-10-16-17(24-12-23-16)11-15(13)19-18(22)21-4-2-14(3-5-21)20-6-8-25-9-7-20/h10-11,14H,2-9,12H2,1H3,(H,19,22). The first kappa shape index (κ1) is 16.8. The van der Waals surface area contributed by atoms with E-state index >= 15 is 0 Å². The fourth-order valence-corrected chi connectivity index (χ4v) is 4.68. The van der Waals surface area contributed by atoms with Gasteiger partial charge in [0.1, 0.15) is 0 Å². The predicted molar refractivity (Wildman–Crippen MR) is 99.8 cm³/mol. The largest absolute Gasteiger partial charge is 0.454 e. The number of aryl methyl sites for hydroxylation is 1. The van der Waals surface area contributed by atoms with E-state index < -0.39 is 0 Å². The smallest absolute Gasteiger partial charge is 0.321 e. The zero-order chi connectivity index (χ0) is 17.2. The maximum absolute atomic E-state index is 12.6. The zero-order valence-electron chi connectivity index (χ0n) is 14.6. The van der Waals surface area contributed by atoms with E-state index in [0.29, 0.717) is 11.8 Å². The van der Waals surface area contributed by atoms with Gasteiger partial charge in [-0.15, -0.1) is 0 Å². The molecule has 136 valence electrons. The number of rotatable bonds is 2. The Labute approximate surface area is 152 Å². The number of benzene rings is 1. The summed E-state index contributed by atoms with van der Waals surface area (Å²) in [5.41, 5.74) is 1.78. The number of amides is 2. The van der Waals surface area contributed by atoms with Gasteiger partial charge in [-0.2, -0.15) is 11.8 Å². The minimum atomic E-state index is -0.0189. The number of hydrogen-bond acceptors (Lipinski definition) is 5. The molecule has 7 heteroatoms. The zero-order valence-corrected chi connectivity index (χ0v) is 15.4. The third-order valence-corrected chi connectivity index (χ3v) is 6.22. The van der Waals surface area contributed by atoms with Gasteiger partial charge in [0, 0.05) is 55.5 Å². The SMILES string of the molecule is Cc1cc2c(cc1NC(=O)N1CCC(N3CCSCC3)CC1)OCO2. The van der Waals surface area contributed by atoms with Gasteiger partial charge in [-0.25, -0.2) is 4.79 Å². The Bertz CT molecular complexity index is 641. The summed E-state index contributed by atoms with van der Waals surface area (Å²) in [7, 11) is 0. The van der Waals surface area contributed by atoms with Gasteiger partial charge in [0.2, 0.25) is 6.79 Å². The monoisotopic (exact) mass is 363 g/mol. The maximum Gasteiger partial charge on any atom is 0.321 e. The molecule has 1 aromatic carbocycles. The summed E-state index contributed by atoms with van der Waals surface area (Å²) >= 11 is 2.04. The van der Waals surface area contributed by atoms with Gasteiger partial charge in [0.25, 0.3) is 0 Å². The molecule has 0 radical (unpaired) electrons.